The second kappa shape index (κ2) is 47.4. The molecule has 123 heavy (non-hydrogen) atoms. The van der Waals surface area contributed by atoms with Gasteiger partial charge in [-0.25, -0.2) is 62.6 Å². The van der Waals surface area contributed by atoms with Crippen molar-refractivity contribution in [2.24, 2.45) is 5.73 Å². The molecule has 9 N–H and O–H groups in total. The van der Waals surface area contributed by atoms with Gasteiger partial charge in [0, 0.05) is 41.6 Å². The van der Waals surface area contributed by atoms with Crippen molar-refractivity contribution in [1.82, 2.24) is 34.2 Å². The number of rotatable bonds is 32. The number of amides is 1. The van der Waals surface area contributed by atoms with E-state index in [4.69, 9.17) is 10.8 Å². The van der Waals surface area contributed by atoms with Crippen LogP contribution >= 0.6 is 80.4 Å². The first kappa shape index (κ1) is 97.9. The van der Waals surface area contributed by atoms with Crippen molar-refractivity contribution in [2.45, 2.75) is 87.5 Å². The molecule has 8 aromatic carbocycles. The number of carbonyl (C=O) groups is 5. The summed E-state index contributed by atoms with van der Waals surface area (Å²) in [6.45, 7) is 5.38. The Morgan fingerprint density at radius 2 is 0.659 bits per heavy atom. The predicted molar refractivity (Wildman–Crippen MR) is 496 cm³/mol. The third kappa shape index (κ3) is 30.2. The lowest BCUT2D eigenvalue weighted by molar-refractivity contribution is -0.138. The van der Waals surface area contributed by atoms with Crippen LogP contribution in [0.25, 0.3) is 40.7 Å². The molecule has 23 nitrogen and oxygen atoms in total. The molecule has 0 saturated carbocycles. The van der Waals surface area contributed by atoms with E-state index >= 15 is 0 Å². The van der Waals surface area contributed by atoms with E-state index in [-0.39, 0.29) is 91.4 Å². The number of thiazole rings is 2. The highest BCUT2D eigenvalue weighted by Gasteiger charge is 2.29. The van der Waals surface area contributed by atoms with E-state index in [9.17, 15) is 62.8 Å². The standard InChI is InChI=1S/C22H18N2O4S3.C22H22N2O4S2.C22H20N2O2S3.C14H15NO4S2.C8H9NO.CH3.ClH/c25-22(26)17(13-15-7-3-1-4-8-15)24-31(27,28)20-12-11-18(29-20)21-23-14-19(30-21)16-9-5-2-6-10-16;1-16(14-17-8-4-2-5-9-17)24-30(27,28)21-13-12-20(29-21)22(26)23-15-19(25)18-10-6-3-7-11-18;1-16(14-17-8-4-2-5-9-17)24-29(25,26)21-13-12-19(27-21)22-23-15-20(28-22)18-10-6-3-7-11-18;1-10(9-11-5-3-2-4-6-11)15-21(18,19)13-8-7-12(20-13)14(16)17;9-6-8(10)7-4-2-1-3-5-7;;/h1-12,14,17,24H,13H2,(H,25,26);2-13,16,24H,14-15H2,1H3,(H,23,26);2-13,15-16,24H,14H2,1H3;2-8,10,15H,9H2,1H3,(H,16,17);1-5H,6,9H2;1H3;1H/q;;;;;-1;/t17-;2*16-;10-;;;/m1000.../s1. The van der Waals surface area contributed by atoms with Gasteiger partial charge in [0.05, 0.1) is 37.5 Å². The van der Waals surface area contributed by atoms with Gasteiger partial charge in [-0.15, -0.1) is 80.4 Å². The van der Waals surface area contributed by atoms with Crippen LogP contribution in [0, 0.1) is 7.43 Å². The third-order valence-electron chi connectivity index (χ3n) is 17.3. The van der Waals surface area contributed by atoms with Crippen molar-refractivity contribution in [1.29, 1.82) is 0 Å². The number of nitrogens with one attached hydrogen (secondary N) is 5. The van der Waals surface area contributed by atoms with Gasteiger partial charge in [-0.3, -0.25) is 19.2 Å². The topological polar surface area (TPSA) is 374 Å². The molecule has 642 valence electrons. The van der Waals surface area contributed by atoms with Gasteiger partial charge < -0.3 is 28.7 Å². The number of sulfonamides is 4. The summed E-state index contributed by atoms with van der Waals surface area (Å²) in [5.41, 5.74) is 12.4. The van der Waals surface area contributed by atoms with Crippen molar-refractivity contribution in [2.75, 3.05) is 13.1 Å². The van der Waals surface area contributed by atoms with Gasteiger partial charge >= 0.3 is 11.9 Å². The lowest BCUT2D eigenvalue weighted by Crippen LogP contribution is -2.42. The first-order chi connectivity index (χ1) is 58.0. The van der Waals surface area contributed by atoms with Gasteiger partial charge in [-0.1, -0.05) is 243 Å². The summed E-state index contributed by atoms with van der Waals surface area (Å²) < 4.78 is 112. The summed E-state index contributed by atoms with van der Waals surface area (Å²) in [6.07, 6.45) is 5.43. The Morgan fingerprint density at radius 1 is 0.358 bits per heavy atom. The molecular formula is C89H88ClN8O15S10-. The molecule has 6 heterocycles. The molecule has 14 aromatic rings. The lowest BCUT2D eigenvalue weighted by atomic mass is 10.1. The number of hydrogen-bond acceptors (Lipinski definition) is 22. The van der Waals surface area contributed by atoms with Gasteiger partial charge in [0.2, 0.25) is 30.1 Å². The lowest BCUT2D eigenvalue weighted by Gasteiger charge is -2.14. The van der Waals surface area contributed by atoms with E-state index in [1.165, 1.54) is 53.0 Å². The zero-order valence-corrected chi connectivity index (χ0v) is 75.6. The van der Waals surface area contributed by atoms with Crippen LogP contribution in [0.1, 0.15) is 83.1 Å². The summed E-state index contributed by atoms with van der Waals surface area (Å²) >= 11 is 6.97. The second-order valence-corrected chi connectivity index (χ2v) is 41.0. The van der Waals surface area contributed by atoms with Crippen LogP contribution < -0.4 is 29.9 Å². The molecule has 4 atom stereocenters. The highest BCUT2D eigenvalue weighted by molar-refractivity contribution is 7.92. The van der Waals surface area contributed by atoms with Crippen LogP contribution in [-0.4, -0.2) is 121 Å². The quantitative estimate of drug-likeness (QED) is 0.0143. The largest absolute Gasteiger partial charge is 0.480 e. The molecule has 0 fully saturated rings. The zero-order valence-electron chi connectivity index (χ0n) is 66.6. The minimum absolute atomic E-state index is 0. The number of Topliss-reactive ketones (excluding diaryl/α,β-unsaturated/α-hetero) is 2. The summed E-state index contributed by atoms with van der Waals surface area (Å²) in [5, 5.41) is 22.4. The smallest absolute Gasteiger partial charge is 0.345 e. The number of aliphatic carboxylic acids is 1. The molecule has 14 rings (SSSR count). The van der Waals surface area contributed by atoms with Crippen LogP contribution in [0.5, 0.6) is 0 Å². The molecule has 0 aliphatic rings. The average molecular weight is 1870 g/mol. The molecule has 0 spiro atoms. The summed E-state index contributed by atoms with van der Waals surface area (Å²) in [7, 11) is -15.0. The van der Waals surface area contributed by atoms with E-state index < -0.39 is 64.0 Å². The monoisotopic (exact) mass is 1860 g/mol. The SMILES string of the molecule is C[C@@H](Cc1ccccc1)NS(=O)(=O)c1ccc(-c2ncc(-c3ccccc3)s2)s1.C[C@@H](Cc1ccccc1)NS(=O)(=O)c1ccc(C(=O)NCC(=O)c2ccccc2)s1.C[C@@H](Cc1ccccc1)NS(=O)(=O)c1ccc(C(=O)O)s1.Cl.NCC(=O)c1ccccc1.O=C(O)[C@@H](Cc1ccccc1)NS(=O)(=O)c1ccc(-c2ncc(-c3ccccc3)s2)s1.[CH3-]. The second-order valence-electron chi connectivity index (χ2n) is 26.9. The number of nitrogens with zero attached hydrogens (tertiary/aromatic N) is 2. The molecule has 0 unspecified atom stereocenters. The average Bonchev–Trinajstić information content (AvgIpc) is 1.69. The molecule has 0 aliphatic heterocycles. The van der Waals surface area contributed by atoms with Crippen LogP contribution in [-0.2, 0) is 70.6 Å². The normalized spacial score (nSPS) is 12.1. The van der Waals surface area contributed by atoms with Crippen LogP contribution in [0.3, 0.4) is 0 Å². The Kier molecular flexibility index (Phi) is 37.7. The molecule has 6 aromatic heterocycles. The van der Waals surface area contributed by atoms with Gasteiger partial charge in [0.25, 0.3) is 15.9 Å². The maximum Gasteiger partial charge on any atom is 0.345 e. The first-order valence-corrected chi connectivity index (χ1v) is 48.1. The fourth-order valence-electron chi connectivity index (χ4n) is 11.6. The third-order valence-corrected chi connectivity index (χ3v) is 32.2. The molecular weight excluding hydrogens is 1780 g/mol. The first-order valence-electron chi connectivity index (χ1n) is 37.3. The van der Waals surface area contributed by atoms with E-state index in [1.54, 1.807) is 110 Å². The number of thiophene rings is 4. The number of carboxylic acids is 2. The number of carboxylic acid groups (broad SMARTS) is 2. The van der Waals surface area contributed by atoms with Gasteiger partial charge in [0.1, 0.15) is 37.8 Å². The number of aromatic nitrogens is 2. The van der Waals surface area contributed by atoms with E-state index in [0.29, 0.717) is 44.5 Å². The fourth-order valence-corrected chi connectivity index (χ4v) is 23.5. The number of aromatic carboxylic acids is 1. The Labute approximate surface area is 746 Å². The van der Waals surface area contributed by atoms with Crippen molar-refractivity contribution in [3.63, 3.8) is 0 Å². The van der Waals surface area contributed by atoms with E-state index in [0.717, 1.165) is 87.0 Å². The zero-order chi connectivity index (χ0) is 86.5. The van der Waals surface area contributed by atoms with Crippen molar-refractivity contribution >= 4 is 150 Å². The van der Waals surface area contributed by atoms with Gasteiger partial charge in [-0.2, -0.15) is 4.72 Å². The Balaban J connectivity index is 0.000000196. The number of carbonyl (C=O) groups excluding carboxylic acids is 3. The predicted octanol–water partition coefficient (Wildman–Crippen LogP) is 17.3. The highest BCUT2D eigenvalue weighted by Crippen LogP contribution is 2.39. The Morgan fingerprint density at radius 3 is 1.00 bits per heavy atom. The number of ketones is 2. The maximum atomic E-state index is 12.8. The summed E-state index contributed by atoms with van der Waals surface area (Å²) in [5.74, 6) is -3.07. The summed E-state index contributed by atoms with van der Waals surface area (Å²) in [4.78, 5) is 70.5. The Bertz CT molecular complexity index is 6190. The van der Waals surface area contributed by atoms with Gasteiger partial charge in [0.15, 0.2) is 11.6 Å². The molecule has 0 radical (unpaired) electrons. The van der Waals surface area contributed by atoms with Crippen LogP contribution in [0.2, 0.25) is 0 Å². The number of hydrogen-bond donors (Lipinski definition) is 8. The summed E-state index contributed by atoms with van der Waals surface area (Å²) in [6, 6.07) is 85.5. The molecule has 0 aliphatic carbocycles. The maximum absolute atomic E-state index is 12.8. The molecule has 0 bridgehead atoms. The Hall–Kier alpha value is -10.5. The number of nitrogens with two attached hydrogens (primary N) is 1. The van der Waals surface area contributed by atoms with Gasteiger partial charge in [-0.05, 0) is 128 Å². The van der Waals surface area contributed by atoms with Crippen molar-refractivity contribution < 1.29 is 67.9 Å². The number of halogens is 1. The van der Waals surface area contributed by atoms with E-state index in [1.807, 2.05) is 195 Å². The van der Waals surface area contributed by atoms with Crippen molar-refractivity contribution in [3.8, 4) is 40.7 Å². The van der Waals surface area contributed by atoms with E-state index in [2.05, 4.69) is 34.2 Å². The number of benzene rings is 8. The van der Waals surface area contributed by atoms with Crippen LogP contribution in [0.4, 0.5) is 0 Å². The van der Waals surface area contributed by atoms with Crippen molar-refractivity contribution in [3.05, 3.63) is 354 Å². The molecule has 34 heteroatoms. The highest BCUT2D eigenvalue weighted by atomic mass is 35.5. The molecule has 0 saturated heterocycles. The minimum Gasteiger partial charge on any atom is -0.480 e. The molecule has 1 amide bonds. The minimum atomic E-state index is -3.99. The fraction of sp³-hybridized carbons (Fsp3) is 0.146. The van der Waals surface area contributed by atoms with Crippen LogP contribution in [0.15, 0.2) is 320 Å².